The Kier molecular flexibility index (Phi) is 3.84. The van der Waals surface area contributed by atoms with Gasteiger partial charge in [-0.05, 0) is 53.5 Å². The third-order valence-electron chi connectivity index (χ3n) is 2.77. The molecule has 0 saturated carbocycles. The van der Waals surface area contributed by atoms with Gasteiger partial charge in [0.05, 0.1) is 11.0 Å². The molecule has 17 heavy (non-hydrogen) atoms. The molecule has 4 heteroatoms. The number of aryl methyl sites for hydroxylation is 1. The van der Waals surface area contributed by atoms with Crippen molar-refractivity contribution in [1.82, 2.24) is 5.32 Å². The molecule has 1 aromatic heterocycles. The molecule has 2 rings (SSSR count). The minimum absolute atomic E-state index is 0.249. The Labute approximate surface area is 108 Å². The van der Waals surface area contributed by atoms with Gasteiger partial charge in [-0.1, -0.05) is 6.92 Å². The average molecular weight is 300 g/mol. The van der Waals surface area contributed by atoms with Crippen molar-refractivity contribution in [3.63, 3.8) is 0 Å². The molecule has 0 aliphatic rings. The number of halogens is 2. The van der Waals surface area contributed by atoms with Gasteiger partial charge in [0.25, 0.3) is 0 Å². The van der Waals surface area contributed by atoms with Gasteiger partial charge in [0.1, 0.15) is 17.2 Å². The Morgan fingerprint density at radius 3 is 2.88 bits per heavy atom. The first-order chi connectivity index (χ1) is 8.13. The zero-order valence-electron chi connectivity index (χ0n) is 9.94. The van der Waals surface area contributed by atoms with E-state index in [2.05, 4.69) is 28.2 Å². The van der Waals surface area contributed by atoms with Crippen LogP contribution in [0.4, 0.5) is 4.39 Å². The van der Waals surface area contributed by atoms with Crippen molar-refractivity contribution in [2.24, 2.45) is 0 Å². The summed E-state index contributed by atoms with van der Waals surface area (Å²) in [6, 6.07) is 2.94. The van der Waals surface area contributed by atoms with Crippen LogP contribution in [0, 0.1) is 12.7 Å². The minimum Gasteiger partial charge on any atom is -0.458 e. The van der Waals surface area contributed by atoms with Crippen LogP contribution < -0.4 is 5.32 Å². The molecule has 0 aliphatic carbocycles. The standard InChI is InChI=1S/C13H15BrFNO/c1-3-4-16-7-12-8(2)10-5-9(15)6-11(14)13(10)17-12/h5-6,16H,3-4,7H2,1-2H3. The summed E-state index contributed by atoms with van der Waals surface area (Å²) >= 11 is 3.32. The van der Waals surface area contributed by atoms with Crippen LogP contribution in [0.3, 0.4) is 0 Å². The van der Waals surface area contributed by atoms with Crippen LogP contribution in [-0.2, 0) is 6.54 Å². The van der Waals surface area contributed by atoms with Crippen molar-refractivity contribution in [2.45, 2.75) is 26.8 Å². The maximum atomic E-state index is 13.3. The van der Waals surface area contributed by atoms with Crippen molar-refractivity contribution in [1.29, 1.82) is 0 Å². The summed E-state index contributed by atoms with van der Waals surface area (Å²) in [5.74, 6) is 0.626. The summed E-state index contributed by atoms with van der Waals surface area (Å²) in [6.07, 6.45) is 1.08. The van der Waals surface area contributed by atoms with E-state index >= 15 is 0 Å². The molecule has 2 aromatic rings. The minimum atomic E-state index is -0.249. The summed E-state index contributed by atoms with van der Waals surface area (Å²) < 4.78 is 19.7. The summed E-state index contributed by atoms with van der Waals surface area (Å²) in [7, 11) is 0. The molecule has 1 heterocycles. The lowest BCUT2D eigenvalue weighted by Gasteiger charge is -2.00. The lowest BCUT2D eigenvalue weighted by molar-refractivity contribution is 0.508. The normalized spacial score (nSPS) is 11.3. The van der Waals surface area contributed by atoms with Crippen LogP contribution in [0.15, 0.2) is 21.0 Å². The zero-order chi connectivity index (χ0) is 12.4. The number of nitrogens with one attached hydrogen (secondary N) is 1. The molecule has 0 spiro atoms. The molecule has 0 fully saturated rings. The van der Waals surface area contributed by atoms with E-state index in [1.807, 2.05) is 6.92 Å². The van der Waals surface area contributed by atoms with Crippen molar-refractivity contribution >= 4 is 26.9 Å². The number of fused-ring (bicyclic) bond motifs is 1. The fourth-order valence-corrected chi connectivity index (χ4v) is 2.35. The molecule has 0 atom stereocenters. The average Bonchev–Trinajstić information content (AvgIpc) is 2.58. The van der Waals surface area contributed by atoms with E-state index in [1.54, 1.807) is 0 Å². The van der Waals surface area contributed by atoms with E-state index < -0.39 is 0 Å². The number of hydrogen-bond donors (Lipinski definition) is 1. The SMILES string of the molecule is CCCNCc1oc2c(Br)cc(F)cc2c1C. The molecule has 2 nitrogen and oxygen atoms in total. The van der Waals surface area contributed by atoms with E-state index in [-0.39, 0.29) is 5.82 Å². The van der Waals surface area contributed by atoms with Gasteiger partial charge < -0.3 is 9.73 Å². The molecule has 0 bridgehead atoms. The number of benzene rings is 1. The van der Waals surface area contributed by atoms with Gasteiger partial charge in [-0.15, -0.1) is 0 Å². The summed E-state index contributed by atoms with van der Waals surface area (Å²) in [5, 5.41) is 4.12. The van der Waals surface area contributed by atoms with Crippen LogP contribution in [-0.4, -0.2) is 6.54 Å². The van der Waals surface area contributed by atoms with Crippen molar-refractivity contribution in [3.8, 4) is 0 Å². The van der Waals surface area contributed by atoms with Gasteiger partial charge >= 0.3 is 0 Å². The fourth-order valence-electron chi connectivity index (χ4n) is 1.84. The summed E-state index contributed by atoms with van der Waals surface area (Å²) in [4.78, 5) is 0. The van der Waals surface area contributed by atoms with Gasteiger partial charge in [0, 0.05) is 5.39 Å². The first-order valence-electron chi connectivity index (χ1n) is 5.71. The van der Waals surface area contributed by atoms with Crippen molar-refractivity contribution < 1.29 is 8.81 Å². The highest BCUT2D eigenvalue weighted by atomic mass is 79.9. The Hall–Kier alpha value is -0.870. The quantitative estimate of drug-likeness (QED) is 0.858. The molecular formula is C13H15BrFNO. The van der Waals surface area contributed by atoms with E-state index in [9.17, 15) is 4.39 Å². The first kappa shape index (κ1) is 12.6. The molecule has 1 N–H and O–H groups in total. The van der Waals surface area contributed by atoms with Gasteiger partial charge in [-0.2, -0.15) is 0 Å². The molecule has 0 unspecified atom stereocenters. The molecule has 0 saturated heterocycles. The molecule has 0 amide bonds. The van der Waals surface area contributed by atoms with Crippen molar-refractivity contribution in [2.75, 3.05) is 6.54 Å². The van der Waals surface area contributed by atoms with Crippen LogP contribution in [0.2, 0.25) is 0 Å². The van der Waals surface area contributed by atoms with Gasteiger partial charge in [0.2, 0.25) is 0 Å². The van der Waals surface area contributed by atoms with Crippen LogP contribution in [0.5, 0.6) is 0 Å². The van der Waals surface area contributed by atoms with E-state index in [0.29, 0.717) is 11.0 Å². The number of rotatable bonds is 4. The van der Waals surface area contributed by atoms with Gasteiger partial charge in [-0.25, -0.2) is 4.39 Å². The van der Waals surface area contributed by atoms with Crippen LogP contribution in [0.25, 0.3) is 11.0 Å². The molecule has 92 valence electrons. The second kappa shape index (κ2) is 5.19. The summed E-state index contributed by atoms with van der Waals surface area (Å²) in [5.41, 5.74) is 1.72. The van der Waals surface area contributed by atoms with Gasteiger partial charge in [0.15, 0.2) is 0 Å². The van der Waals surface area contributed by atoms with E-state index in [0.717, 1.165) is 35.3 Å². The largest absolute Gasteiger partial charge is 0.458 e. The predicted octanol–water partition coefficient (Wildman–Crippen LogP) is 4.14. The van der Waals surface area contributed by atoms with Crippen molar-refractivity contribution in [3.05, 3.63) is 33.7 Å². The second-order valence-electron chi connectivity index (χ2n) is 4.09. The molecule has 0 aliphatic heterocycles. The Morgan fingerprint density at radius 1 is 1.41 bits per heavy atom. The highest BCUT2D eigenvalue weighted by Crippen LogP contribution is 2.31. The Bertz CT molecular complexity index is 536. The Morgan fingerprint density at radius 2 is 2.18 bits per heavy atom. The fraction of sp³-hybridized carbons (Fsp3) is 0.385. The highest BCUT2D eigenvalue weighted by Gasteiger charge is 2.13. The van der Waals surface area contributed by atoms with E-state index in [1.165, 1.54) is 12.1 Å². The predicted molar refractivity (Wildman–Crippen MR) is 70.6 cm³/mol. The third-order valence-corrected chi connectivity index (χ3v) is 3.36. The number of hydrogen-bond acceptors (Lipinski definition) is 2. The van der Waals surface area contributed by atoms with Crippen LogP contribution >= 0.6 is 15.9 Å². The third kappa shape index (κ3) is 2.53. The highest BCUT2D eigenvalue weighted by molar-refractivity contribution is 9.10. The van der Waals surface area contributed by atoms with Crippen LogP contribution in [0.1, 0.15) is 24.7 Å². The first-order valence-corrected chi connectivity index (χ1v) is 6.50. The lowest BCUT2D eigenvalue weighted by Crippen LogP contribution is -2.13. The van der Waals surface area contributed by atoms with E-state index in [4.69, 9.17) is 4.42 Å². The zero-order valence-corrected chi connectivity index (χ0v) is 11.5. The molecule has 1 aromatic carbocycles. The Balaban J connectivity index is 2.39. The second-order valence-corrected chi connectivity index (χ2v) is 4.95. The molecular weight excluding hydrogens is 285 g/mol. The maximum Gasteiger partial charge on any atom is 0.149 e. The molecule has 0 radical (unpaired) electrons. The lowest BCUT2D eigenvalue weighted by atomic mass is 10.1. The maximum absolute atomic E-state index is 13.3. The topological polar surface area (TPSA) is 25.2 Å². The monoisotopic (exact) mass is 299 g/mol. The summed E-state index contributed by atoms with van der Waals surface area (Å²) in [6.45, 7) is 5.71. The smallest absolute Gasteiger partial charge is 0.149 e. The van der Waals surface area contributed by atoms with Gasteiger partial charge in [-0.3, -0.25) is 0 Å². The number of furan rings is 1.